The summed E-state index contributed by atoms with van der Waals surface area (Å²) in [5.74, 6) is 0.364. The van der Waals surface area contributed by atoms with E-state index in [1.807, 2.05) is 19.1 Å². The fourth-order valence-corrected chi connectivity index (χ4v) is 2.02. The minimum absolute atomic E-state index is 0.237. The van der Waals surface area contributed by atoms with Crippen molar-refractivity contribution < 1.29 is 4.79 Å². The molecule has 0 aliphatic rings. The Hall–Kier alpha value is -2.14. The van der Waals surface area contributed by atoms with Crippen LogP contribution in [0.25, 0.3) is 0 Å². The van der Waals surface area contributed by atoms with Crippen molar-refractivity contribution in [2.75, 3.05) is 18.4 Å². The van der Waals surface area contributed by atoms with Crippen LogP contribution in [0.2, 0.25) is 5.02 Å². The number of carbonyl (C=O) groups excluding carboxylic acids is 1. The third kappa shape index (κ3) is 4.43. The summed E-state index contributed by atoms with van der Waals surface area (Å²) >= 11 is 6.03. The van der Waals surface area contributed by atoms with Crippen molar-refractivity contribution in [2.45, 2.75) is 13.3 Å². The van der Waals surface area contributed by atoms with Gasteiger partial charge in [0.05, 0.1) is 5.02 Å². The van der Waals surface area contributed by atoms with Crippen LogP contribution in [0.5, 0.6) is 0 Å². The highest BCUT2D eigenvalue weighted by atomic mass is 35.5. The van der Waals surface area contributed by atoms with E-state index in [9.17, 15) is 4.79 Å². The molecule has 2 rings (SSSR count). The van der Waals surface area contributed by atoms with Crippen LogP contribution >= 0.6 is 11.6 Å². The average molecular weight is 305 g/mol. The monoisotopic (exact) mass is 304 g/mol. The highest BCUT2D eigenvalue weighted by molar-refractivity contribution is 6.33. The Labute approximate surface area is 128 Å². The standard InChI is InChI=1S/C15H17ClN4O/c1-2-18-13-6-5-12(16)14(20-13)15(21)19-9-7-11-4-3-8-17-10-11/h3-6,8,10H,2,7,9H2,1H3,(H,18,20)(H,19,21). The Bertz CT molecular complexity index is 604. The molecule has 0 spiro atoms. The fourth-order valence-electron chi connectivity index (χ4n) is 1.83. The smallest absolute Gasteiger partial charge is 0.271 e. The number of hydrogen-bond acceptors (Lipinski definition) is 4. The molecule has 2 aromatic heterocycles. The summed E-state index contributed by atoms with van der Waals surface area (Å²) in [5.41, 5.74) is 1.31. The van der Waals surface area contributed by atoms with Gasteiger partial charge in [-0.2, -0.15) is 0 Å². The maximum Gasteiger partial charge on any atom is 0.271 e. The minimum atomic E-state index is -0.274. The zero-order valence-corrected chi connectivity index (χ0v) is 12.5. The van der Waals surface area contributed by atoms with Crippen molar-refractivity contribution in [3.8, 4) is 0 Å². The predicted octanol–water partition coefficient (Wildman–Crippen LogP) is 2.53. The number of amides is 1. The van der Waals surface area contributed by atoms with E-state index >= 15 is 0 Å². The molecule has 2 N–H and O–H groups in total. The lowest BCUT2D eigenvalue weighted by Gasteiger charge is -2.08. The zero-order chi connectivity index (χ0) is 15.1. The molecule has 0 atom stereocenters. The van der Waals surface area contributed by atoms with Gasteiger partial charge in [-0.25, -0.2) is 4.98 Å². The van der Waals surface area contributed by atoms with E-state index in [4.69, 9.17) is 11.6 Å². The van der Waals surface area contributed by atoms with Crippen LogP contribution in [0.15, 0.2) is 36.7 Å². The summed E-state index contributed by atoms with van der Waals surface area (Å²) < 4.78 is 0. The first-order valence-electron chi connectivity index (χ1n) is 6.78. The first-order chi connectivity index (χ1) is 10.2. The van der Waals surface area contributed by atoms with Crippen molar-refractivity contribution in [2.24, 2.45) is 0 Å². The molecule has 0 unspecified atom stereocenters. The van der Waals surface area contributed by atoms with Crippen LogP contribution in [0.4, 0.5) is 5.82 Å². The number of nitrogens with zero attached hydrogens (tertiary/aromatic N) is 2. The predicted molar refractivity (Wildman–Crippen MR) is 83.7 cm³/mol. The maximum absolute atomic E-state index is 12.1. The van der Waals surface area contributed by atoms with Gasteiger partial charge in [-0.1, -0.05) is 17.7 Å². The van der Waals surface area contributed by atoms with E-state index in [-0.39, 0.29) is 11.6 Å². The molecule has 2 heterocycles. The second kappa shape index (κ2) is 7.59. The summed E-state index contributed by atoms with van der Waals surface area (Å²) in [6.07, 6.45) is 4.21. The van der Waals surface area contributed by atoms with Crippen molar-refractivity contribution in [3.63, 3.8) is 0 Å². The molecule has 1 amide bonds. The molecule has 6 heteroatoms. The van der Waals surface area contributed by atoms with E-state index < -0.39 is 0 Å². The largest absolute Gasteiger partial charge is 0.370 e. The van der Waals surface area contributed by atoms with Crippen LogP contribution in [0, 0.1) is 0 Å². The summed E-state index contributed by atoms with van der Waals surface area (Å²) in [6.45, 7) is 3.20. The highest BCUT2D eigenvalue weighted by Gasteiger charge is 2.12. The molecule has 110 valence electrons. The first-order valence-corrected chi connectivity index (χ1v) is 7.16. The lowest BCUT2D eigenvalue weighted by atomic mass is 10.2. The normalized spacial score (nSPS) is 10.2. The minimum Gasteiger partial charge on any atom is -0.370 e. The molecule has 0 saturated carbocycles. The molecule has 0 aliphatic carbocycles. The number of rotatable bonds is 6. The molecular weight excluding hydrogens is 288 g/mol. The Morgan fingerprint density at radius 1 is 1.33 bits per heavy atom. The van der Waals surface area contributed by atoms with Crippen molar-refractivity contribution in [3.05, 3.63) is 52.9 Å². The number of carbonyl (C=O) groups is 1. The number of anilines is 1. The molecule has 0 radical (unpaired) electrons. The fraction of sp³-hybridized carbons (Fsp3) is 0.267. The Morgan fingerprint density at radius 3 is 2.90 bits per heavy atom. The SMILES string of the molecule is CCNc1ccc(Cl)c(C(=O)NCCc2cccnc2)n1. The van der Waals surface area contributed by atoms with Gasteiger partial charge in [0, 0.05) is 25.5 Å². The summed E-state index contributed by atoms with van der Waals surface area (Å²) in [7, 11) is 0. The maximum atomic E-state index is 12.1. The van der Waals surface area contributed by atoms with E-state index in [1.54, 1.807) is 24.5 Å². The molecule has 0 saturated heterocycles. The number of hydrogen-bond donors (Lipinski definition) is 2. The molecule has 2 aromatic rings. The second-order valence-corrected chi connectivity index (χ2v) is 4.83. The van der Waals surface area contributed by atoms with Crippen molar-refractivity contribution in [1.82, 2.24) is 15.3 Å². The van der Waals surface area contributed by atoms with Gasteiger partial charge in [-0.3, -0.25) is 9.78 Å². The third-order valence-electron chi connectivity index (χ3n) is 2.84. The van der Waals surface area contributed by atoms with Crippen LogP contribution in [0.3, 0.4) is 0 Å². The summed E-state index contributed by atoms with van der Waals surface area (Å²) in [5, 5.41) is 6.21. The highest BCUT2D eigenvalue weighted by Crippen LogP contribution is 2.16. The van der Waals surface area contributed by atoms with Gasteiger partial charge in [0.15, 0.2) is 0 Å². The average Bonchev–Trinajstić information content (AvgIpc) is 2.50. The van der Waals surface area contributed by atoms with Gasteiger partial charge >= 0.3 is 0 Å². The molecule has 0 aliphatic heterocycles. The van der Waals surface area contributed by atoms with Gasteiger partial charge in [-0.05, 0) is 37.1 Å². The number of nitrogens with one attached hydrogen (secondary N) is 2. The molecule has 0 fully saturated rings. The number of halogens is 1. The van der Waals surface area contributed by atoms with E-state index in [2.05, 4.69) is 20.6 Å². The molecule has 5 nitrogen and oxygen atoms in total. The number of aromatic nitrogens is 2. The number of pyridine rings is 2. The van der Waals surface area contributed by atoms with Gasteiger partial charge in [-0.15, -0.1) is 0 Å². The Morgan fingerprint density at radius 2 is 2.19 bits per heavy atom. The summed E-state index contributed by atoms with van der Waals surface area (Å²) in [4.78, 5) is 20.4. The lowest BCUT2D eigenvalue weighted by molar-refractivity contribution is 0.0949. The Kier molecular flexibility index (Phi) is 5.51. The van der Waals surface area contributed by atoms with Crippen LogP contribution < -0.4 is 10.6 Å². The van der Waals surface area contributed by atoms with Crippen molar-refractivity contribution >= 4 is 23.3 Å². The molecule has 0 bridgehead atoms. The third-order valence-corrected chi connectivity index (χ3v) is 3.15. The van der Waals surface area contributed by atoms with E-state index in [1.165, 1.54) is 0 Å². The van der Waals surface area contributed by atoms with Gasteiger partial charge in [0.2, 0.25) is 0 Å². The van der Waals surface area contributed by atoms with Crippen LogP contribution in [-0.4, -0.2) is 29.0 Å². The first kappa shape index (κ1) is 15.3. The molecule has 21 heavy (non-hydrogen) atoms. The topological polar surface area (TPSA) is 66.9 Å². The second-order valence-electron chi connectivity index (χ2n) is 4.42. The van der Waals surface area contributed by atoms with E-state index in [0.717, 1.165) is 12.1 Å². The van der Waals surface area contributed by atoms with Gasteiger partial charge in [0.1, 0.15) is 11.5 Å². The molecular formula is C15H17ClN4O. The lowest BCUT2D eigenvalue weighted by Crippen LogP contribution is -2.27. The van der Waals surface area contributed by atoms with Crippen molar-refractivity contribution in [1.29, 1.82) is 0 Å². The zero-order valence-electron chi connectivity index (χ0n) is 11.8. The quantitative estimate of drug-likeness (QED) is 0.860. The van der Waals surface area contributed by atoms with Gasteiger partial charge < -0.3 is 10.6 Å². The molecule has 0 aromatic carbocycles. The van der Waals surface area contributed by atoms with Crippen LogP contribution in [0.1, 0.15) is 23.0 Å². The Balaban J connectivity index is 1.95. The van der Waals surface area contributed by atoms with Crippen LogP contribution in [-0.2, 0) is 6.42 Å². The summed E-state index contributed by atoms with van der Waals surface area (Å²) in [6, 6.07) is 7.26. The van der Waals surface area contributed by atoms with E-state index in [0.29, 0.717) is 23.8 Å². The van der Waals surface area contributed by atoms with Gasteiger partial charge in [0.25, 0.3) is 5.91 Å².